The zero-order valence-corrected chi connectivity index (χ0v) is 21.0. The quantitative estimate of drug-likeness (QED) is 0.116. The number of carbonyl (C=O) groups is 4. The second-order valence-electron chi connectivity index (χ2n) is 8.37. The van der Waals surface area contributed by atoms with E-state index in [1.165, 1.54) is 38.5 Å². The van der Waals surface area contributed by atoms with Crippen LogP contribution >= 0.6 is 0 Å². The molecule has 0 saturated carbocycles. The molecule has 0 bridgehead atoms. The fraction of sp³-hybridized carbons (Fsp3) is 0.833. The molecule has 0 saturated heterocycles. The molecule has 2 N–H and O–H groups in total. The first kappa shape index (κ1) is 31.8. The predicted molar refractivity (Wildman–Crippen MR) is 125 cm³/mol. The van der Waals surface area contributed by atoms with Gasteiger partial charge in [-0.15, -0.1) is 0 Å². The SMILES string of the molecule is CCCCCCCCC(=O)NOOC(=O)CCCCC(=O)OONC(=O)CCCCCCCC. The highest BCUT2D eigenvalue weighted by molar-refractivity contribution is 5.75. The summed E-state index contributed by atoms with van der Waals surface area (Å²) in [5.74, 6) is -2.01. The molecule has 0 aromatic carbocycles. The Hall–Kier alpha value is -2.20. The van der Waals surface area contributed by atoms with Crippen molar-refractivity contribution in [1.29, 1.82) is 0 Å². The van der Waals surface area contributed by atoms with Gasteiger partial charge >= 0.3 is 11.9 Å². The van der Waals surface area contributed by atoms with Crippen molar-refractivity contribution in [2.45, 2.75) is 129 Å². The van der Waals surface area contributed by atoms with E-state index >= 15 is 0 Å². The number of hydrogen-bond acceptors (Lipinski definition) is 8. The predicted octanol–water partition coefficient (Wildman–Crippen LogP) is 5.06. The van der Waals surface area contributed by atoms with E-state index in [1.54, 1.807) is 0 Å². The molecule has 0 atom stereocenters. The van der Waals surface area contributed by atoms with Crippen LogP contribution in [0.4, 0.5) is 0 Å². The third-order valence-electron chi connectivity index (χ3n) is 5.11. The Labute approximate surface area is 203 Å². The maximum absolute atomic E-state index is 11.6. The molecule has 0 fully saturated rings. The molecule has 0 rings (SSSR count). The first-order valence-electron chi connectivity index (χ1n) is 12.8. The number of hydrogen-bond donors (Lipinski definition) is 2. The van der Waals surface area contributed by atoms with Gasteiger partial charge in [-0.05, 0) is 25.7 Å². The van der Waals surface area contributed by atoms with E-state index in [9.17, 15) is 19.2 Å². The molecule has 0 radical (unpaired) electrons. The van der Waals surface area contributed by atoms with Crippen LogP contribution in [0.15, 0.2) is 0 Å². The summed E-state index contributed by atoms with van der Waals surface area (Å²) in [5.41, 5.74) is 4.15. The monoisotopic (exact) mass is 488 g/mol. The third kappa shape index (κ3) is 23.0. The van der Waals surface area contributed by atoms with Gasteiger partial charge in [-0.3, -0.25) is 19.4 Å². The van der Waals surface area contributed by atoms with Crippen molar-refractivity contribution in [3.8, 4) is 0 Å². The number of hydroxylamine groups is 2. The number of carbonyl (C=O) groups excluding carboxylic acids is 4. The molecule has 0 unspecified atom stereocenters. The minimum atomic E-state index is -0.661. The number of amides is 2. The summed E-state index contributed by atoms with van der Waals surface area (Å²) >= 11 is 0. The second-order valence-corrected chi connectivity index (χ2v) is 8.37. The van der Waals surface area contributed by atoms with E-state index in [0.29, 0.717) is 25.7 Å². The van der Waals surface area contributed by atoms with Gasteiger partial charge in [-0.2, -0.15) is 11.0 Å². The van der Waals surface area contributed by atoms with Crippen LogP contribution in [-0.2, 0) is 38.9 Å². The number of unbranched alkanes of at least 4 members (excludes halogenated alkanes) is 11. The Morgan fingerprint density at radius 1 is 0.471 bits per heavy atom. The summed E-state index contributed by atoms with van der Waals surface area (Å²) in [6.07, 6.45) is 14.1. The van der Waals surface area contributed by atoms with Crippen molar-refractivity contribution in [3.05, 3.63) is 0 Å². The minimum Gasteiger partial charge on any atom is -0.275 e. The molecule has 34 heavy (non-hydrogen) atoms. The van der Waals surface area contributed by atoms with Crippen LogP contribution in [0.25, 0.3) is 0 Å². The highest BCUT2D eigenvalue weighted by Gasteiger charge is 2.10. The lowest BCUT2D eigenvalue weighted by molar-refractivity contribution is -0.303. The van der Waals surface area contributed by atoms with Crippen molar-refractivity contribution in [2.75, 3.05) is 0 Å². The Morgan fingerprint density at radius 2 is 0.794 bits per heavy atom. The molecule has 10 heteroatoms. The molecule has 0 aromatic rings. The lowest BCUT2D eigenvalue weighted by Gasteiger charge is -2.06. The first-order chi connectivity index (χ1) is 16.5. The van der Waals surface area contributed by atoms with Crippen LogP contribution in [0.3, 0.4) is 0 Å². The van der Waals surface area contributed by atoms with Crippen LogP contribution in [0.5, 0.6) is 0 Å². The molecule has 0 spiro atoms. The highest BCUT2D eigenvalue weighted by atomic mass is 17.3. The lowest BCUT2D eigenvalue weighted by Crippen LogP contribution is -2.25. The number of rotatable bonds is 23. The molecule has 0 aliphatic rings. The van der Waals surface area contributed by atoms with Crippen molar-refractivity contribution in [3.63, 3.8) is 0 Å². The van der Waals surface area contributed by atoms with E-state index in [4.69, 9.17) is 0 Å². The van der Waals surface area contributed by atoms with Crippen LogP contribution in [-0.4, -0.2) is 23.8 Å². The summed E-state index contributed by atoms with van der Waals surface area (Å²) in [6, 6.07) is 0. The van der Waals surface area contributed by atoms with E-state index in [-0.39, 0.29) is 24.7 Å². The van der Waals surface area contributed by atoms with Crippen LogP contribution in [0.2, 0.25) is 0 Å². The lowest BCUT2D eigenvalue weighted by atomic mass is 10.1. The Kier molecular flexibility index (Phi) is 22.4. The van der Waals surface area contributed by atoms with Crippen LogP contribution < -0.4 is 11.0 Å². The van der Waals surface area contributed by atoms with Crippen molar-refractivity contribution in [2.24, 2.45) is 0 Å². The zero-order chi connectivity index (χ0) is 25.3. The van der Waals surface area contributed by atoms with E-state index in [2.05, 4.69) is 44.6 Å². The molecular formula is C24H44N2O8. The van der Waals surface area contributed by atoms with Gasteiger partial charge in [0.05, 0.1) is 0 Å². The van der Waals surface area contributed by atoms with Gasteiger partial charge in [0.2, 0.25) is 11.8 Å². The van der Waals surface area contributed by atoms with Crippen molar-refractivity contribution < 1.29 is 38.9 Å². The van der Waals surface area contributed by atoms with Gasteiger partial charge in [0.25, 0.3) is 0 Å². The summed E-state index contributed by atoms with van der Waals surface area (Å²) in [6.45, 7) is 4.30. The summed E-state index contributed by atoms with van der Waals surface area (Å²) < 4.78 is 0. The van der Waals surface area contributed by atoms with E-state index in [1.807, 2.05) is 0 Å². The molecule has 0 aliphatic carbocycles. The van der Waals surface area contributed by atoms with Crippen LogP contribution in [0, 0.1) is 0 Å². The van der Waals surface area contributed by atoms with Gasteiger partial charge in [0.1, 0.15) is 0 Å². The topological polar surface area (TPSA) is 129 Å². The fourth-order valence-electron chi connectivity index (χ4n) is 3.08. The fourth-order valence-corrected chi connectivity index (χ4v) is 3.08. The number of nitrogens with one attached hydrogen (secondary N) is 2. The standard InChI is InChI=1S/C24H44N2O8/c1-3-5-7-9-11-13-17-21(27)25-33-31-23(29)19-15-16-20-24(30)32-34-26-22(28)18-14-12-10-8-6-4-2/h3-20H2,1-2H3,(H,25,27)(H,26,28). The second kappa shape index (κ2) is 23.9. The molecular weight excluding hydrogens is 444 g/mol. The van der Waals surface area contributed by atoms with Gasteiger partial charge < -0.3 is 0 Å². The smallest absolute Gasteiger partial charge is 0.275 e. The largest absolute Gasteiger partial charge is 0.345 e. The minimum absolute atomic E-state index is 0.0103. The molecule has 0 aliphatic heterocycles. The van der Waals surface area contributed by atoms with Gasteiger partial charge in [-0.25, -0.2) is 9.59 Å². The Morgan fingerprint density at radius 3 is 1.18 bits per heavy atom. The average Bonchev–Trinajstić information content (AvgIpc) is 2.81. The highest BCUT2D eigenvalue weighted by Crippen LogP contribution is 2.08. The third-order valence-corrected chi connectivity index (χ3v) is 5.11. The zero-order valence-electron chi connectivity index (χ0n) is 21.0. The van der Waals surface area contributed by atoms with Crippen molar-refractivity contribution in [1.82, 2.24) is 11.0 Å². The molecule has 2 amide bonds. The Bertz CT molecular complexity index is 509. The molecule has 10 nitrogen and oxygen atoms in total. The molecule has 0 heterocycles. The normalized spacial score (nSPS) is 10.5. The van der Waals surface area contributed by atoms with Crippen molar-refractivity contribution >= 4 is 23.8 Å². The van der Waals surface area contributed by atoms with E-state index in [0.717, 1.165) is 38.5 Å². The first-order valence-corrected chi connectivity index (χ1v) is 12.8. The summed E-state index contributed by atoms with van der Waals surface area (Å²) in [7, 11) is 0. The Balaban J connectivity index is 3.52. The maximum Gasteiger partial charge on any atom is 0.345 e. The summed E-state index contributed by atoms with van der Waals surface area (Å²) in [4.78, 5) is 64.1. The van der Waals surface area contributed by atoms with Gasteiger partial charge in [-0.1, -0.05) is 88.0 Å². The van der Waals surface area contributed by atoms with E-state index < -0.39 is 11.9 Å². The molecule has 198 valence electrons. The van der Waals surface area contributed by atoms with Gasteiger partial charge in [0, 0.05) is 25.7 Å². The van der Waals surface area contributed by atoms with Crippen LogP contribution in [0.1, 0.15) is 129 Å². The maximum atomic E-state index is 11.6. The summed E-state index contributed by atoms with van der Waals surface area (Å²) in [5, 5.41) is 0. The average molecular weight is 489 g/mol. The molecule has 0 aromatic heterocycles. The van der Waals surface area contributed by atoms with Gasteiger partial charge in [0.15, 0.2) is 0 Å².